The van der Waals surface area contributed by atoms with Gasteiger partial charge in [0.2, 0.25) is 0 Å². The Labute approximate surface area is 120 Å². The van der Waals surface area contributed by atoms with Crippen LogP contribution >= 0.6 is 22.6 Å². The molecule has 3 nitrogen and oxygen atoms in total. The molecule has 2 aromatic rings. The van der Waals surface area contributed by atoms with Crippen molar-refractivity contribution < 1.29 is 8.42 Å². The first-order valence-electron chi connectivity index (χ1n) is 5.33. The predicted octanol–water partition coefficient (Wildman–Crippen LogP) is 3.40. The van der Waals surface area contributed by atoms with E-state index in [9.17, 15) is 8.42 Å². The maximum absolute atomic E-state index is 12.2. The van der Waals surface area contributed by atoms with E-state index in [0.29, 0.717) is 10.6 Å². The van der Waals surface area contributed by atoms with Crippen LogP contribution in [0.4, 0.5) is 5.69 Å². The van der Waals surface area contributed by atoms with Gasteiger partial charge in [-0.05, 0) is 65.4 Å². The van der Waals surface area contributed by atoms with Crippen LogP contribution in [0, 0.1) is 10.5 Å². The van der Waals surface area contributed by atoms with Crippen molar-refractivity contribution in [3.8, 4) is 0 Å². The Hall–Kier alpha value is -1.08. The van der Waals surface area contributed by atoms with E-state index in [2.05, 4.69) is 27.3 Å². The molecule has 0 spiro atoms. The number of para-hydroxylation sites is 1. The van der Waals surface area contributed by atoms with Crippen molar-refractivity contribution in [1.82, 2.24) is 0 Å². The lowest BCUT2D eigenvalue weighted by Crippen LogP contribution is -2.14. The van der Waals surface area contributed by atoms with Crippen LogP contribution in [0.15, 0.2) is 53.4 Å². The number of benzene rings is 2. The van der Waals surface area contributed by atoms with Crippen molar-refractivity contribution in [3.63, 3.8) is 0 Å². The molecule has 0 aliphatic heterocycles. The van der Waals surface area contributed by atoms with E-state index in [1.165, 1.54) is 0 Å². The molecule has 0 heterocycles. The molecule has 0 amide bonds. The lowest BCUT2D eigenvalue weighted by atomic mass is 10.2. The van der Waals surface area contributed by atoms with Crippen molar-refractivity contribution in [3.05, 3.63) is 57.7 Å². The Morgan fingerprint density at radius 1 is 1.06 bits per heavy atom. The molecule has 0 atom stereocenters. The van der Waals surface area contributed by atoms with Gasteiger partial charge >= 0.3 is 0 Å². The van der Waals surface area contributed by atoms with Crippen LogP contribution < -0.4 is 4.72 Å². The van der Waals surface area contributed by atoms with Gasteiger partial charge in [-0.25, -0.2) is 8.42 Å². The van der Waals surface area contributed by atoms with Gasteiger partial charge in [-0.1, -0.05) is 18.2 Å². The standard InChI is InChI=1S/C13H12INO2S/c1-10-9-11(14)7-8-13(10)18(16,17)15-12-5-3-2-4-6-12/h2-9,15H,1H3. The molecule has 0 fully saturated rings. The van der Waals surface area contributed by atoms with E-state index in [1.807, 2.05) is 12.1 Å². The number of sulfonamides is 1. The molecule has 1 N–H and O–H groups in total. The molecule has 0 aromatic heterocycles. The first-order valence-corrected chi connectivity index (χ1v) is 7.89. The molecule has 0 bridgehead atoms. The summed E-state index contributed by atoms with van der Waals surface area (Å²) in [4.78, 5) is 0.312. The van der Waals surface area contributed by atoms with Crippen LogP contribution in [-0.2, 0) is 10.0 Å². The van der Waals surface area contributed by atoms with Crippen LogP contribution in [0.3, 0.4) is 0 Å². The SMILES string of the molecule is Cc1cc(I)ccc1S(=O)(=O)Nc1ccccc1. The number of nitrogens with one attached hydrogen (secondary N) is 1. The first-order chi connectivity index (χ1) is 8.49. The highest BCUT2D eigenvalue weighted by molar-refractivity contribution is 14.1. The largest absolute Gasteiger partial charge is 0.280 e. The van der Waals surface area contributed by atoms with Gasteiger partial charge in [0, 0.05) is 9.26 Å². The maximum atomic E-state index is 12.2. The second kappa shape index (κ2) is 5.27. The number of halogens is 1. The highest BCUT2D eigenvalue weighted by atomic mass is 127. The third-order valence-electron chi connectivity index (χ3n) is 2.45. The Morgan fingerprint density at radius 2 is 1.72 bits per heavy atom. The van der Waals surface area contributed by atoms with Gasteiger partial charge in [-0.2, -0.15) is 0 Å². The molecule has 94 valence electrons. The molecular weight excluding hydrogens is 361 g/mol. The third-order valence-corrected chi connectivity index (χ3v) is 4.67. The highest BCUT2D eigenvalue weighted by Crippen LogP contribution is 2.20. The minimum Gasteiger partial charge on any atom is -0.280 e. The zero-order valence-corrected chi connectivity index (χ0v) is 12.7. The van der Waals surface area contributed by atoms with Crippen LogP contribution in [0.2, 0.25) is 0 Å². The van der Waals surface area contributed by atoms with Gasteiger partial charge in [0.15, 0.2) is 0 Å². The summed E-state index contributed by atoms with van der Waals surface area (Å²) in [5, 5.41) is 0. The average molecular weight is 373 g/mol. The Bertz CT molecular complexity index is 654. The van der Waals surface area contributed by atoms with Gasteiger partial charge in [0.05, 0.1) is 4.90 Å². The van der Waals surface area contributed by atoms with Gasteiger partial charge in [-0.3, -0.25) is 4.72 Å². The van der Waals surface area contributed by atoms with E-state index >= 15 is 0 Å². The number of rotatable bonds is 3. The van der Waals surface area contributed by atoms with Gasteiger partial charge < -0.3 is 0 Å². The van der Waals surface area contributed by atoms with Crippen LogP contribution in [-0.4, -0.2) is 8.42 Å². The van der Waals surface area contributed by atoms with Crippen LogP contribution in [0.25, 0.3) is 0 Å². The Morgan fingerprint density at radius 3 is 2.33 bits per heavy atom. The van der Waals surface area contributed by atoms with Crippen molar-refractivity contribution in [2.24, 2.45) is 0 Å². The quantitative estimate of drug-likeness (QED) is 0.839. The zero-order valence-electron chi connectivity index (χ0n) is 9.72. The Kier molecular flexibility index (Phi) is 3.91. The van der Waals surface area contributed by atoms with E-state index in [1.54, 1.807) is 43.3 Å². The topological polar surface area (TPSA) is 46.2 Å². The fourth-order valence-electron chi connectivity index (χ4n) is 1.63. The van der Waals surface area contributed by atoms with E-state index in [0.717, 1.165) is 9.13 Å². The fourth-order valence-corrected chi connectivity index (χ4v) is 3.56. The number of aryl methyl sites for hydroxylation is 1. The molecule has 0 radical (unpaired) electrons. The molecule has 18 heavy (non-hydrogen) atoms. The van der Waals surface area contributed by atoms with E-state index in [4.69, 9.17) is 0 Å². The molecule has 0 aliphatic carbocycles. The lowest BCUT2D eigenvalue weighted by molar-refractivity contribution is 0.600. The van der Waals surface area contributed by atoms with Crippen molar-refractivity contribution in [2.45, 2.75) is 11.8 Å². The minimum absolute atomic E-state index is 0.312. The highest BCUT2D eigenvalue weighted by Gasteiger charge is 2.16. The Balaban J connectivity index is 2.37. The molecule has 2 rings (SSSR count). The van der Waals surface area contributed by atoms with Gasteiger partial charge in [-0.15, -0.1) is 0 Å². The van der Waals surface area contributed by atoms with Gasteiger partial charge in [0.1, 0.15) is 0 Å². The van der Waals surface area contributed by atoms with Gasteiger partial charge in [0.25, 0.3) is 10.0 Å². The monoisotopic (exact) mass is 373 g/mol. The summed E-state index contributed by atoms with van der Waals surface area (Å²) >= 11 is 2.16. The fraction of sp³-hybridized carbons (Fsp3) is 0.0769. The van der Waals surface area contributed by atoms with E-state index < -0.39 is 10.0 Å². The summed E-state index contributed by atoms with van der Waals surface area (Å²) in [6, 6.07) is 14.1. The molecule has 0 saturated carbocycles. The number of anilines is 1. The molecule has 0 unspecified atom stereocenters. The van der Waals surface area contributed by atoms with Crippen LogP contribution in [0.1, 0.15) is 5.56 Å². The predicted molar refractivity (Wildman–Crippen MR) is 81.1 cm³/mol. The second-order valence-electron chi connectivity index (χ2n) is 3.88. The lowest BCUT2D eigenvalue weighted by Gasteiger charge is -2.10. The summed E-state index contributed by atoms with van der Waals surface area (Å²) in [7, 11) is -3.51. The summed E-state index contributed by atoms with van der Waals surface area (Å²) < 4.78 is 28.0. The summed E-state index contributed by atoms with van der Waals surface area (Å²) in [6.45, 7) is 1.79. The summed E-state index contributed by atoms with van der Waals surface area (Å²) in [6.07, 6.45) is 0. The molecule has 0 aliphatic rings. The average Bonchev–Trinajstić information content (AvgIpc) is 2.29. The molecule has 2 aromatic carbocycles. The number of hydrogen-bond acceptors (Lipinski definition) is 2. The zero-order chi connectivity index (χ0) is 13.2. The smallest absolute Gasteiger partial charge is 0.262 e. The molecule has 0 saturated heterocycles. The molecule has 5 heteroatoms. The van der Waals surface area contributed by atoms with E-state index in [-0.39, 0.29) is 0 Å². The van der Waals surface area contributed by atoms with Crippen LogP contribution in [0.5, 0.6) is 0 Å². The number of hydrogen-bond donors (Lipinski definition) is 1. The molecular formula is C13H12INO2S. The normalized spacial score (nSPS) is 11.2. The summed E-state index contributed by atoms with van der Waals surface area (Å²) in [5.74, 6) is 0. The van der Waals surface area contributed by atoms with Crippen molar-refractivity contribution in [2.75, 3.05) is 4.72 Å². The van der Waals surface area contributed by atoms with Crippen molar-refractivity contribution in [1.29, 1.82) is 0 Å². The maximum Gasteiger partial charge on any atom is 0.262 e. The van der Waals surface area contributed by atoms with Crippen molar-refractivity contribution >= 4 is 38.3 Å². The second-order valence-corrected chi connectivity index (χ2v) is 6.78. The first kappa shape index (κ1) is 13.4. The minimum atomic E-state index is -3.51. The third kappa shape index (κ3) is 3.02. The summed E-state index contributed by atoms with van der Waals surface area (Å²) in [5.41, 5.74) is 1.31.